The molecule has 0 aliphatic carbocycles. The Morgan fingerprint density at radius 3 is 2.89 bits per heavy atom. The Morgan fingerprint density at radius 2 is 2.21 bits per heavy atom. The zero-order valence-corrected chi connectivity index (χ0v) is 10.8. The first-order valence-electron chi connectivity index (χ1n) is 5.95. The lowest BCUT2D eigenvalue weighted by Crippen LogP contribution is -2.31. The quantitative estimate of drug-likeness (QED) is 0.736. The van der Waals surface area contributed by atoms with Crippen LogP contribution in [-0.4, -0.2) is 31.6 Å². The van der Waals surface area contributed by atoms with Crippen LogP contribution in [0.4, 0.5) is 0 Å². The maximum atomic E-state index is 11.8. The van der Waals surface area contributed by atoms with Gasteiger partial charge in [0, 0.05) is 13.6 Å². The molecule has 2 aromatic rings. The van der Waals surface area contributed by atoms with E-state index in [-0.39, 0.29) is 23.6 Å². The molecule has 2 rings (SSSR count). The van der Waals surface area contributed by atoms with Crippen molar-refractivity contribution in [2.24, 2.45) is 7.05 Å². The minimum absolute atomic E-state index is 0.00220. The maximum Gasteiger partial charge on any atom is 0.329 e. The summed E-state index contributed by atoms with van der Waals surface area (Å²) in [4.78, 5) is 41.0. The predicted molar refractivity (Wildman–Crippen MR) is 68.9 cm³/mol. The van der Waals surface area contributed by atoms with Crippen LogP contribution in [0.5, 0.6) is 0 Å². The van der Waals surface area contributed by atoms with E-state index in [1.807, 2.05) is 6.92 Å². The third-order valence-corrected chi connectivity index (χ3v) is 2.76. The number of carbonyl (C=O) groups is 1. The monoisotopic (exact) mass is 265 g/mol. The average molecular weight is 265 g/mol. The van der Waals surface area contributed by atoms with E-state index in [1.165, 1.54) is 22.5 Å². The summed E-state index contributed by atoms with van der Waals surface area (Å²) in [6.45, 7) is 2.53. The Kier molecular flexibility index (Phi) is 3.50. The number of aromatic amines is 1. The van der Waals surface area contributed by atoms with Crippen LogP contribution < -0.4 is 16.6 Å². The topological polar surface area (TPSA) is 102 Å². The van der Waals surface area contributed by atoms with Gasteiger partial charge in [-0.2, -0.15) is 0 Å². The summed E-state index contributed by atoms with van der Waals surface area (Å²) in [6.07, 6.45) is 2.22. The second-order valence-corrected chi connectivity index (χ2v) is 4.21. The Morgan fingerprint density at radius 1 is 1.47 bits per heavy atom. The van der Waals surface area contributed by atoms with Gasteiger partial charge >= 0.3 is 5.69 Å². The van der Waals surface area contributed by atoms with Crippen LogP contribution in [0, 0.1) is 0 Å². The highest BCUT2D eigenvalue weighted by atomic mass is 16.2. The molecule has 0 fully saturated rings. The van der Waals surface area contributed by atoms with Crippen LogP contribution in [0.15, 0.2) is 15.9 Å². The predicted octanol–water partition coefficient (Wildman–Crippen LogP) is -1.05. The van der Waals surface area contributed by atoms with Crippen molar-refractivity contribution in [3.8, 4) is 0 Å². The van der Waals surface area contributed by atoms with Crippen molar-refractivity contribution >= 4 is 17.1 Å². The number of amides is 1. The first kappa shape index (κ1) is 13.1. The fraction of sp³-hybridized carbons (Fsp3) is 0.455. The molecule has 0 spiro atoms. The normalized spacial score (nSPS) is 10.8. The van der Waals surface area contributed by atoms with Crippen LogP contribution in [0.3, 0.4) is 0 Å². The van der Waals surface area contributed by atoms with E-state index >= 15 is 0 Å². The van der Waals surface area contributed by atoms with E-state index in [9.17, 15) is 14.4 Å². The molecule has 0 radical (unpaired) electrons. The molecule has 19 heavy (non-hydrogen) atoms. The molecule has 0 unspecified atom stereocenters. The molecule has 0 saturated carbocycles. The van der Waals surface area contributed by atoms with Crippen molar-refractivity contribution in [1.29, 1.82) is 0 Å². The van der Waals surface area contributed by atoms with Crippen LogP contribution in [0.1, 0.15) is 13.3 Å². The molecule has 0 bridgehead atoms. The second-order valence-electron chi connectivity index (χ2n) is 4.21. The Balaban J connectivity index is 2.41. The van der Waals surface area contributed by atoms with E-state index in [4.69, 9.17) is 0 Å². The maximum absolute atomic E-state index is 11.8. The highest BCUT2D eigenvalue weighted by Gasteiger charge is 2.13. The molecule has 8 nitrogen and oxygen atoms in total. The number of hydrogen-bond donors (Lipinski definition) is 2. The highest BCUT2D eigenvalue weighted by Crippen LogP contribution is 2.04. The first-order valence-corrected chi connectivity index (χ1v) is 5.95. The minimum Gasteiger partial charge on any atom is -0.355 e. The van der Waals surface area contributed by atoms with Crippen molar-refractivity contribution in [2.75, 3.05) is 6.54 Å². The van der Waals surface area contributed by atoms with Crippen molar-refractivity contribution < 1.29 is 4.79 Å². The third kappa shape index (κ3) is 2.42. The first-order chi connectivity index (χ1) is 9.04. The number of nitrogens with zero attached hydrogens (tertiary/aromatic N) is 3. The van der Waals surface area contributed by atoms with Gasteiger partial charge in [0.05, 0.1) is 6.33 Å². The summed E-state index contributed by atoms with van der Waals surface area (Å²) in [5, 5.41) is 2.71. The Labute approximate surface area is 108 Å². The van der Waals surface area contributed by atoms with Crippen LogP contribution >= 0.6 is 0 Å². The van der Waals surface area contributed by atoms with E-state index in [0.29, 0.717) is 6.54 Å². The molecule has 0 aliphatic rings. The summed E-state index contributed by atoms with van der Waals surface area (Å²) in [6, 6.07) is 0. The molecular weight excluding hydrogens is 250 g/mol. The molecule has 0 aromatic carbocycles. The van der Waals surface area contributed by atoms with E-state index in [2.05, 4.69) is 15.3 Å². The molecule has 8 heteroatoms. The van der Waals surface area contributed by atoms with Gasteiger partial charge in [-0.25, -0.2) is 9.78 Å². The lowest BCUT2D eigenvalue weighted by atomic mass is 10.4. The summed E-state index contributed by atoms with van der Waals surface area (Å²) in [7, 11) is 1.51. The smallest absolute Gasteiger partial charge is 0.329 e. The van der Waals surface area contributed by atoms with E-state index < -0.39 is 11.2 Å². The molecule has 1 amide bonds. The average Bonchev–Trinajstić information content (AvgIpc) is 2.78. The van der Waals surface area contributed by atoms with Gasteiger partial charge in [0.15, 0.2) is 11.2 Å². The summed E-state index contributed by atoms with van der Waals surface area (Å²) in [5.74, 6) is -0.200. The largest absolute Gasteiger partial charge is 0.355 e. The summed E-state index contributed by atoms with van der Waals surface area (Å²) in [5.41, 5.74) is -0.595. The van der Waals surface area contributed by atoms with Gasteiger partial charge in [0.1, 0.15) is 6.54 Å². The third-order valence-electron chi connectivity index (χ3n) is 2.76. The lowest BCUT2D eigenvalue weighted by molar-refractivity contribution is -0.121. The summed E-state index contributed by atoms with van der Waals surface area (Å²) >= 11 is 0. The van der Waals surface area contributed by atoms with Gasteiger partial charge in [0.25, 0.3) is 5.56 Å². The number of aromatic nitrogens is 4. The molecule has 2 N–H and O–H groups in total. The van der Waals surface area contributed by atoms with Crippen LogP contribution in [0.2, 0.25) is 0 Å². The molecule has 2 aromatic heterocycles. The van der Waals surface area contributed by atoms with E-state index in [0.717, 1.165) is 6.42 Å². The van der Waals surface area contributed by atoms with Gasteiger partial charge in [-0.15, -0.1) is 0 Å². The second kappa shape index (κ2) is 5.09. The minimum atomic E-state index is -0.543. The number of aryl methyl sites for hydroxylation is 1. The van der Waals surface area contributed by atoms with Crippen LogP contribution in [0.25, 0.3) is 11.2 Å². The zero-order chi connectivity index (χ0) is 14.0. The molecule has 102 valence electrons. The molecule has 0 aliphatic heterocycles. The molecular formula is C11H15N5O3. The van der Waals surface area contributed by atoms with Crippen molar-refractivity contribution in [1.82, 2.24) is 24.4 Å². The SMILES string of the molecule is CCCNC(=O)Cn1cnc2c1c(=O)[nH]c(=O)n2C. The Hall–Kier alpha value is -2.38. The summed E-state index contributed by atoms with van der Waals surface area (Å²) < 4.78 is 2.66. The fourth-order valence-electron chi connectivity index (χ4n) is 1.78. The molecule has 2 heterocycles. The van der Waals surface area contributed by atoms with Gasteiger partial charge in [-0.05, 0) is 6.42 Å². The highest BCUT2D eigenvalue weighted by molar-refractivity contribution is 5.78. The Bertz CT molecular complexity index is 724. The van der Waals surface area contributed by atoms with Gasteiger partial charge in [-0.3, -0.25) is 19.1 Å². The van der Waals surface area contributed by atoms with Crippen molar-refractivity contribution in [3.05, 3.63) is 27.2 Å². The standard InChI is InChI=1S/C11H15N5O3/c1-3-4-12-7(17)5-16-6-13-9-8(16)10(18)14-11(19)15(9)2/h6H,3-5H2,1-2H3,(H,12,17)(H,14,18,19). The lowest BCUT2D eigenvalue weighted by Gasteiger charge is -2.05. The number of imidazole rings is 1. The van der Waals surface area contributed by atoms with Crippen LogP contribution in [-0.2, 0) is 18.4 Å². The van der Waals surface area contributed by atoms with E-state index in [1.54, 1.807) is 0 Å². The molecule has 0 saturated heterocycles. The van der Waals surface area contributed by atoms with Gasteiger partial charge < -0.3 is 9.88 Å². The van der Waals surface area contributed by atoms with Crippen molar-refractivity contribution in [3.63, 3.8) is 0 Å². The number of H-pyrrole nitrogens is 1. The van der Waals surface area contributed by atoms with Gasteiger partial charge in [0.2, 0.25) is 5.91 Å². The fourth-order valence-corrected chi connectivity index (χ4v) is 1.78. The zero-order valence-electron chi connectivity index (χ0n) is 10.8. The number of hydrogen-bond acceptors (Lipinski definition) is 4. The number of fused-ring (bicyclic) bond motifs is 1. The molecule has 0 atom stereocenters. The number of rotatable bonds is 4. The number of carbonyl (C=O) groups excluding carboxylic acids is 1. The van der Waals surface area contributed by atoms with Gasteiger partial charge in [-0.1, -0.05) is 6.92 Å². The van der Waals surface area contributed by atoms with Crippen molar-refractivity contribution in [2.45, 2.75) is 19.9 Å². The number of nitrogens with one attached hydrogen (secondary N) is 2.